The Balaban J connectivity index is 2.75. The Labute approximate surface area is 100 Å². The van der Waals surface area contributed by atoms with Gasteiger partial charge in [-0.1, -0.05) is 12.1 Å². The van der Waals surface area contributed by atoms with Gasteiger partial charge in [-0.2, -0.15) is 0 Å². The lowest BCUT2D eigenvalue weighted by molar-refractivity contribution is 0.593. The van der Waals surface area contributed by atoms with E-state index in [4.69, 9.17) is 11.6 Å². The molecule has 0 aromatic heterocycles. The molecule has 5 heteroatoms. The van der Waals surface area contributed by atoms with Crippen LogP contribution in [0.4, 0.5) is 4.39 Å². The number of benzene rings is 1. The Morgan fingerprint density at radius 1 is 1.44 bits per heavy atom. The van der Waals surface area contributed by atoms with Crippen molar-refractivity contribution in [3.63, 3.8) is 0 Å². The molecule has 1 rings (SSSR count). The third kappa shape index (κ3) is 4.49. The van der Waals surface area contributed by atoms with E-state index in [-0.39, 0.29) is 17.5 Å². The zero-order chi connectivity index (χ0) is 12.2. The van der Waals surface area contributed by atoms with Crippen molar-refractivity contribution in [2.45, 2.75) is 12.3 Å². The lowest BCUT2D eigenvalue weighted by Gasteiger charge is -2.13. The van der Waals surface area contributed by atoms with Crippen molar-refractivity contribution in [1.82, 2.24) is 0 Å². The predicted octanol–water partition coefficient (Wildman–Crippen LogP) is 2.58. The third-order valence-corrected chi connectivity index (χ3v) is 3.69. The quantitative estimate of drug-likeness (QED) is 0.766. The normalized spacial score (nSPS) is 13.7. The molecule has 1 aromatic carbocycles. The van der Waals surface area contributed by atoms with Crippen LogP contribution in [0.1, 0.15) is 17.9 Å². The van der Waals surface area contributed by atoms with Crippen LogP contribution in [0.25, 0.3) is 0 Å². The fraction of sp³-hybridized carbons (Fsp3) is 0.455. The first-order valence-corrected chi connectivity index (χ1v) is 7.51. The van der Waals surface area contributed by atoms with E-state index < -0.39 is 9.84 Å². The first-order valence-electron chi connectivity index (χ1n) is 4.91. The van der Waals surface area contributed by atoms with Crippen molar-refractivity contribution in [3.8, 4) is 0 Å². The van der Waals surface area contributed by atoms with Crippen molar-refractivity contribution < 1.29 is 12.8 Å². The lowest BCUT2D eigenvalue weighted by atomic mass is 9.98. The maximum Gasteiger partial charge on any atom is 0.147 e. The Hall–Kier alpha value is -0.610. The summed E-state index contributed by atoms with van der Waals surface area (Å²) in [4.78, 5) is 0. The molecule has 0 N–H and O–H groups in total. The summed E-state index contributed by atoms with van der Waals surface area (Å²) < 4.78 is 35.0. The monoisotopic (exact) mass is 264 g/mol. The van der Waals surface area contributed by atoms with E-state index in [0.29, 0.717) is 12.3 Å². The summed E-state index contributed by atoms with van der Waals surface area (Å²) in [6.07, 6.45) is 1.61. The molecule has 2 nitrogen and oxygen atoms in total. The molecule has 0 saturated carbocycles. The molecule has 0 fully saturated rings. The van der Waals surface area contributed by atoms with Gasteiger partial charge in [0.15, 0.2) is 0 Å². The topological polar surface area (TPSA) is 34.1 Å². The lowest BCUT2D eigenvalue weighted by Crippen LogP contribution is -2.10. The second-order valence-electron chi connectivity index (χ2n) is 3.82. The van der Waals surface area contributed by atoms with Crippen LogP contribution in [-0.2, 0) is 9.84 Å². The summed E-state index contributed by atoms with van der Waals surface area (Å²) in [5.41, 5.74) is 0.749. The predicted molar refractivity (Wildman–Crippen MR) is 64.2 cm³/mol. The summed E-state index contributed by atoms with van der Waals surface area (Å²) in [5.74, 6) is -0.0843. The third-order valence-electron chi connectivity index (χ3n) is 2.34. The van der Waals surface area contributed by atoms with Gasteiger partial charge in [-0.05, 0) is 30.0 Å². The Kier molecular flexibility index (Phi) is 4.74. The molecule has 90 valence electrons. The summed E-state index contributed by atoms with van der Waals surface area (Å²) in [6, 6.07) is 6.11. The fourth-order valence-corrected chi connectivity index (χ4v) is 2.49. The van der Waals surface area contributed by atoms with Crippen molar-refractivity contribution in [3.05, 3.63) is 35.6 Å². The Bertz CT molecular complexity index is 445. The van der Waals surface area contributed by atoms with Gasteiger partial charge in [0.05, 0.1) is 5.75 Å². The number of sulfone groups is 1. The van der Waals surface area contributed by atoms with Gasteiger partial charge in [0.1, 0.15) is 15.7 Å². The molecule has 0 bridgehead atoms. The summed E-state index contributed by atoms with van der Waals surface area (Å²) in [7, 11) is -3.00. The van der Waals surface area contributed by atoms with Crippen molar-refractivity contribution >= 4 is 21.4 Å². The van der Waals surface area contributed by atoms with Crippen LogP contribution in [0, 0.1) is 5.82 Å². The average Bonchev–Trinajstić information content (AvgIpc) is 2.17. The summed E-state index contributed by atoms with van der Waals surface area (Å²) in [6.45, 7) is 0. The standard InChI is InChI=1S/C11H14ClFO2S/c1-16(14,15)6-5-10(8-12)9-3-2-4-11(13)7-9/h2-4,7,10H,5-6,8H2,1H3. The van der Waals surface area contributed by atoms with Crippen molar-refractivity contribution in [1.29, 1.82) is 0 Å². The Morgan fingerprint density at radius 3 is 2.62 bits per heavy atom. The van der Waals surface area contributed by atoms with E-state index in [1.807, 2.05) is 0 Å². The number of alkyl halides is 1. The minimum atomic E-state index is -3.00. The van der Waals surface area contributed by atoms with E-state index in [0.717, 1.165) is 5.56 Å². The van der Waals surface area contributed by atoms with Crippen LogP contribution < -0.4 is 0 Å². The summed E-state index contributed by atoms with van der Waals surface area (Å²) >= 11 is 5.77. The number of hydrogen-bond acceptors (Lipinski definition) is 2. The van der Waals surface area contributed by atoms with Crippen LogP contribution in [0.3, 0.4) is 0 Å². The molecule has 0 aliphatic rings. The van der Waals surface area contributed by atoms with Gasteiger partial charge in [-0.3, -0.25) is 0 Å². The van der Waals surface area contributed by atoms with Crippen molar-refractivity contribution in [2.75, 3.05) is 17.9 Å². The summed E-state index contributed by atoms with van der Waals surface area (Å²) in [5, 5.41) is 0. The molecule has 16 heavy (non-hydrogen) atoms. The van der Waals surface area contributed by atoms with Gasteiger partial charge in [0.25, 0.3) is 0 Å². The van der Waals surface area contributed by atoms with E-state index in [9.17, 15) is 12.8 Å². The highest BCUT2D eigenvalue weighted by Gasteiger charge is 2.14. The fourth-order valence-electron chi connectivity index (χ4n) is 1.45. The molecule has 0 aliphatic carbocycles. The van der Waals surface area contributed by atoms with E-state index in [1.165, 1.54) is 18.4 Å². The van der Waals surface area contributed by atoms with E-state index in [2.05, 4.69) is 0 Å². The highest BCUT2D eigenvalue weighted by atomic mass is 35.5. The van der Waals surface area contributed by atoms with Gasteiger partial charge in [-0.25, -0.2) is 12.8 Å². The van der Waals surface area contributed by atoms with Gasteiger partial charge in [-0.15, -0.1) is 11.6 Å². The first kappa shape index (κ1) is 13.5. The molecule has 0 aliphatic heterocycles. The number of hydrogen-bond donors (Lipinski definition) is 0. The van der Waals surface area contributed by atoms with Crippen LogP contribution in [0.15, 0.2) is 24.3 Å². The van der Waals surface area contributed by atoms with Crippen molar-refractivity contribution in [2.24, 2.45) is 0 Å². The number of rotatable bonds is 5. The minimum absolute atomic E-state index is 0.0703. The highest BCUT2D eigenvalue weighted by Crippen LogP contribution is 2.22. The molecule has 0 spiro atoms. The molecule has 1 atom stereocenters. The average molecular weight is 265 g/mol. The van der Waals surface area contributed by atoms with Crippen LogP contribution in [-0.4, -0.2) is 26.3 Å². The zero-order valence-corrected chi connectivity index (χ0v) is 10.6. The Morgan fingerprint density at radius 2 is 2.12 bits per heavy atom. The maximum atomic E-state index is 13.0. The largest absolute Gasteiger partial charge is 0.229 e. The molecular formula is C11H14ClFO2S. The van der Waals surface area contributed by atoms with Gasteiger partial charge < -0.3 is 0 Å². The SMILES string of the molecule is CS(=O)(=O)CCC(CCl)c1cccc(F)c1. The van der Waals surface area contributed by atoms with Gasteiger partial charge in [0.2, 0.25) is 0 Å². The highest BCUT2D eigenvalue weighted by molar-refractivity contribution is 7.90. The van der Waals surface area contributed by atoms with E-state index in [1.54, 1.807) is 12.1 Å². The minimum Gasteiger partial charge on any atom is -0.229 e. The zero-order valence-electron chi connectivity index (χ0n) is 8.99. The second-order valence-corrected chi connectivity index (χ2v) is 6.39. The van der Waals surface area contributed by atoms with Crippen LogP contribution >= 0.6 is 11.6 Å². The number of halogens is 2. The van der Waals surface area contributed by atoms with E-state index >= 15 is 0 Å². The van der Waals surface area contributed by atoms with Gasteiger partial charge in [0, 0.05) is 12.1 Å². The smallest absolute Gasteiger partial charge is 0.147 e. The molecule has 0 radical (unpaired) electrons. The van der Waals surface area contributed by atoms with Crippen LogP contribution in [0.5, 0.6) is 0 Å². The molecule has 0 heterocycles. The van der Waals surface area contributed by atoms with Crippen LogP contribution in [0.2, 0.25) is 0 Å². The molecule has 1 aromatic rings. The molecule has 0 saturated heterocycles. The van der Waals surface area contributed by atoms with Gasteiger partial charge >= 0.3 is 0 Å². The molecule has 1 unspecified atom stereocenters. The first-order chi connectivity index (χ1) is 7.42. The maximum absolute atomic E-state index is 13.0. The molecule has 0 amide bonds. The molecular weight excluding hydrogens is 251 g/mol. The second kappa shape index (κ2) is 5.64.